The van der Waals surface area contributed by atoms with Gasteiger partial charge in [0.15, 0.2) is 0 Å². The number of nitrogens with one attached hydrogen (secondary N) is 1. The van der Waals surface area contributed by atoms with Crippen molar-refractivity contribution in [3.05, 3.63) is 34.5 Å². The number of H-pyrrole nitrogens is 1. The van der Waals surface area contributed by atoms with Crippen molar-refractivity contribution in [1.82, 2.24) is 15.2 Å². The van der Waals surface area contributed by atoms with E-state index in [-0.39, 0.29) is 5.56 Å². The molecule has 72 valence electrons. The van der Waals surface area contributed by atoms with E-state index in [0.717, 1.165) is 11.1 Å². The van der Waals surface area contributed by atoms with Gasteiger partial charge in [0.25, 0.3) is 5.56 Å². The predicted octanol–water partition coefficient (Wildman–Crippen LogP) is 1.44. The normalized spacial score (nSPS) is 11.1. The van der Waals surface area contributed by atoms with Crippen molar-refractivity contribution in [3.8, 4) is 0 Å². The van der Waals surface area contributed by atoms with Crippen LogP contribution < -0.4 is 5.56 Å². The van der Waals surface area contributed by atoms with E-state index in [4.69, 9.17) is 0 Å². The number of nitrogens with zero attached hydrogens (tertiary/aromatic N) is 2. The first-order valence-electron chi connectivity index (χ1n) is 4.52. The molecule has 0 radical (unpaired) electrons. The highest BCUT2D eigenvalue weighted by Gasteiger charge is 2.07. The van der Waals surface area contributed by atoms with Crippen molar-refractivity contribution in [2.24, 2.45) is 0 Å². The summed E-state index contributed by atoms with van der Waals surface area (Å²) in [5, 5.41) is 7.68. The molecule has 0 aliphatic rings. The van der Waals surface area contributed by atoms with Gasteiger partial charge in [0.1, 0.15) is 0 Å². The van der Waals surface area contributed by atoms with Crippen LogP contribution in [0.2, 0.25) is 0 Å². The average Bonchev–Trinajstić information content (AvgIpc) is 2.17. The average molecular weight is 189 g/mol. The Morgan fingerprint density at radius 3 is 2.86 bits per heavy atom. The minimum absolute atomic E-state index is 0.160. The number of fused-ring (bicyclic) bond motifs is 1. The van der Waals surface area contributed by atoms with E-state index >= 15 is 0 Å². The summed E-state index contributed by atoms with van der Waals surface area (Å²) in [6, 6.07) is 1.71. The zero-order chi connectivity index (χ0) is 10.1. The second kappa shape index (κ2) is 3.21. The van der Waals surface area contributed by atoms with Crippen LogP contribution in [0, 0.1) is 0 Å². The van der Waals surface area contributed by atoms with Gasteiger partial charge in [-0.2, -0.15) is 5.10 Å². The Labute approximate surface area is 81.0 Å². The van der Waals surface area contributed by atoms with Crippen LogP contribution in [0.3, 0.4) is 0 Å². The number of rotatable bonds is 1. The minimum Gasteiger partial charge on any atom is -0.267 e. The van der Waals surface area contributed by atoms with Gasteiger partial charge in [0, 0.05) is 11.6 Å². The predicted molar refractivity (Wildman–Crippen MR) is 54.2 cm³/mol. The molecule has 4 heteroatoms. The summed E-state index contributed by atoms with van der Waals surface area (Å²) in [7, 11) is 0. The molecule has 4 nitrogen and oxygen atoms in total. The Balaban J connectivity index is 2.88. The number of pyridine rings is 1. The molecule has 0 atom stereocenters. The van der Waals surface area contributed by atoms with E-state index in [1.54, 1.807) is 18.5 Å². The summed E-state index contributed by atoms with van der Waals surface area (Å²) in [5.74, 6) is 0.294. The van der Waals surface area contributed by atoms with Gasteiger partial charge in [0.2, 0.25) is 0 Å². The van der Waals surface area contributed by atoms with Crippen LogP contribution in [0.25, 0.3) is 10.8 Å². The van der Waals surface area contributed by atoms with E-state index in [1.165, 1.54) is 0 Å². The van der Waals surface area contributed by atoms with Crippen molar-refractivity contribution in [2.45, 2.75) is 19.8 Å². The summed E-state index contributed by atoms with van der Waals surface area (Å²) in [6.45, 7) is 4.09. The van der Waals surface area contributed by atoms with Gasteiger partial charge in [-0.1, -0.05) is 13.8 Å². The lowest BCUT2D eigenvalue weighted by molar-refractivity contribution is 0.832. The molecular weight excluding hydrogens is 178 g/mol. The minimum atomic E-state index is -0.160. The van der Waals surface area contributed by atoms with Crippen LogP contribution in [0.15, 0.2) is 23.3 Å². The Morgan fingerprint density at radius 1 is 1.36 bits per heavy atom. The third kappa shape index (κ3) is 1.28. The van der Waals surface area contributed by atoms with E-state index in [9.17, 15) is 4.79 Å². The van der Waals surface area contributed by atoms with Crippen molar-refractivity contribution >= 4 is 10.8 Å². The number of hydrogen-bond acceptors (Lipinski definition) is 3. The van der Waals surface area contributed by atoms with Crippen LogP contribution in [0.5, 0.6) is 0 Å². The SMILES string of the molecule is CC(C)c1nccc2c(=O)[nH]ncc12. The molecule has 0 fully saturated rings. The van der Waals surface area contributed by atoms with Gasteiger partial charge in [-0.05, 0) is 12.0 Å². The highest BCUT2D eigenvalue weighted by molar-refractivity contribution is 5.82. The van der Waals surface area contributed by atoms with Gasteiger partial charge >= 0.3 is 0 Å². The van der Waals surface area contributed by atoms with E-state index < -0.39 is 0 Å². The first kappa shape index (κ1) is 8.87. The summed E-state index contributed by atoms with van der Waals surface area (Å²) < 4.78 is 0. The molecule has 0 bridgehead atoms. The zero-order valence-corrected chi connectivity index (χ0v) is 8.11. The number of hydrogen-bond donors (Lipinski definition) is 1. The molecule has 0 aliphatic heterocycles. The van der Waals surface area contributed by atoms with Crippen LogP contribution in [-0.4, -0.2) is 15.2 Å². The lowest BCUT2D eigenvalue weighted by atomic mass is 10.0. The maximum absolute atomic E-state index is 11.4. The molecule has 14 heavy (non-hydrogen) atoms. The first-order chi connectivity index (χ1) is 6.70. The fourth-order valence-electron chi connectivity index (χ4n) is 1.50. The van der Waals surface area contributed by atoms with E-state index in [2.05, 4.69) is 15.2 Å². The summed E-state index contributed by atoms with van der Waals surface area (Å²) in [5.41, 5.74) is 0.757. The van der Waals surface area contributed by atoms with Gasteiger partial charge in [0.05, 0.1) is 17.3 Å². The quantitative estimate of drug-likeness (QED) is 0.738. The van der Waals surface area contributed by atoms with Crippen LogP contribution in [0.4, 0.5) is 0 Å². The zero-order valence-electron chi connectivity index (χ0n) is 8.11. The van der Waals surface area contributed by atoms with E-state index in [1.807, 2.05) is 13.8 Å². The molecule has 2 rings (SSSR count). The third-order valence-electron chi connectivity index (χ3n) is 2.17. The summed E-state index contributed by atoms with van der Waals surface area (Å²) in [4.78, 5) is 15.7. The Morgan fingerprint density at radius 2 is 2.14 bits per heavy atom. The molecule has 0 saturated heterocycles. The monoisotopic (exact) mass is 189 g/mol. The van der Waals surface area contributed by atoms with Crippen LogP contribution >= 0.6 is 0 Å². The molecule has 2 aromatic rings. The Kier molecular flexibility index (Phi) is 2.04. The molecule has 0 unspecified atom stereocenters. The molecule has 0 amide bonds. The highest BCUT2D eigenvalue weighted by atomic mass is 16.1. The fraction of sp³-hybridized carbons (Fsp3) is 0.300. The highest BCUT2D eigenvalue weighted by Crippen LogP contribution is 2.19. The standard InChI is InChI=1S/C10H11N3O/c1-6(2)9-8-5-12-13-10(14)7(8)3-4-11-9/h3-6H,1-2H3,(H,13,14). The molecule has 0 saturated carbocycles. The van der Waals surface area contributed by atoms with Gasteiger partial charge in [-0.3, -0.25) is 9.78 Å². The molecule has 2 aromatic heterocycles. The lowest BCUT2D eigenvalue weighted by Crippen LogP contribution is -2.09. The van der Waals surface area contributed by atoms with Crippen molar-refractivity contribution < 1.29 is 0 Å². The topological polar surface area (TPSA) is 58.6 Å². The molecular formula is C10H11N3O. The van der Waals surface area contributed by atoms with Crippen LogP contribution in [-0.2, 0) is 0 Å². The number of aromatic nitrogens is 3. The molecule has 1 N–H and O–H groups in total. The van der Waals surface area contributed by atoms with Gasteiger partial charge in [-0.25, -0.2) is 5.10 Å². The summed E-state index contributed by atoms with van der Waals surface area (Å²) in [6.07, 6.45) is 3.31. The van der Waals surface area contributed by atoms with Gasteiger partial charge in [-0.15, -0.1) is 0 Å². The Bertz CT molecular complexity index is 516. The van der Waals surface area contributed by atoms with Crippen LogP contribution in [0.1, 0.15) is 25.5 Å². The maximum atomic E-state index is 11.4. The fourth-order valence-corrected chi connectivity index (χ4v) is 1.50. The summed E-state index contributed by atoms with van der Waals surface area (Å²) >= 11 is 0. The molecule has 0 aromatic carbocycles. The van der Waals surface area contributed by atoms with E-state index in [0.29, 0.717) is 11.3 Å². The van der Waals surface area contributed by atoms with Crippen molar-refractivity contribution in [1.29, 1.82) is 0 Å². The van der Waals surface area contributed by atoms with Crippen molar-refractivity contribution in [3.63, 3.8) is 0 Å². The Hall–Kier alpha value is -1.71. The maximum Gasteiger partial charge on any atom is 0.272 e. The smallest absolute Gasteiger partial charge is 0.267 e. The first-order valence-corrected chi connectivity index (χ1v) is 4.52. The number of aromatic amines is 1. The second-order valence-electron chi connectivity index (χ2n) is 3.51. The third-order valence-corrected chi connectivity index (χ3v) is 2.17. The molecule has 2 heterocycles. The lowest BCUT2D eigenvalue weighted by Gasteiger charge is -2.06. The van der Waals surface area contributed by atoms with Gasteiger partial charge < -0.3 is 0 Å². The van der Waals surface area contributed by atoms with Crippen molar-refractivity contribution in [2.75, 3.05) is 0 Å². The second-order valence-corrected chi connectivity index (χ2v) is 3.51. The largest absolute Gasteiger partial charge is 0.272 e. The molecule has 0 aliphatic carbocycles. The molecule has 0 spiro atoms.